The van der Waals surface area contributed by atoms with Crippen LogP contribution < -0.4 is 14.2 Å². The van der Waals surface area contributed by atoms with E-state index in [1.807, 2.05) is 0 Å². The van der Waals surface area contributed by atoms with Crippen LogP contribution in [0.2, 0.25) is 0 Å². The average molecular weight is 326 g/mol. The molecule has 7 nitrogen and oxygen atoms in total. The van der Waals surface area contributed by atoms with Crippen LogP contribution in [0.1, 0.15) is 17.3 Å². The van der Waals surface area contributed by atoms with Crippen molar-refractivity contribution in [3.63, 3.8) is 0 Å². The Labute approximate surface area is 129 Å². The lowest BCUT2D eigenvalue weighted by Crippen LogP contribution is -2.24. The number of rotatable bonds is 6. The van der Waals surface area contributed by atoms with Crippen LogP contribution >= 0.6 is 0 Å². The molecule has 0 amide bonds. The molecule has 22 heavy (non-hydrogen) atoms. The van der Waals surface area contributed by atoms with E-state index >= 15 is 0 Å². The molecule has 0 bridgehead atoms. The van der Waals surface area contributed by atoms with E-state index in [2.05, 4.69) is 9.71 Å². The van der Waals surface area contributed by atoms with E-state index in [1.54, 1.807) is 19.9 Å². The Morgan fingerprint density at radius 2 is 1.95 bits per heavy atom. The van der Waals surface area contributed by atoms with E-state index < -0.39 is 10.0 Å². The number of oxazole rings is 1. The van der Waals surface area contributed by atoms with Crippen molar-refractivity contribution in [2.24, 2.45) is 0 Å². The molecule has 0 fully saturated rings. The summed E-state index contributed by atoms with van der Waals surface area (Å²) in [4.78, 5) is 4.13. The molecular weight excluding hydrogens is 308 g/mol. The van der Waals surface area contributed by atoms with Crippen LogP contribution in [0.4, 0.5) is 0 Å². The largest absolute Gasteiger partial charge is 0.497 e. The van der Waals surface area contributed by atoms with Crippen molar-refractivity contribution in [2.75, 3.05) is 14.2 Å². The maximum absolute atomic E-state index is 12.4. The summed E-state index contributed by atoms with van der Waals surface area (Å²) in [7, 11) is -0.926. The molecule has 2 aromatic rings. The topological polar surface area (TPSA) is 90.7 Å². The first-order valence-electron chi connectivity index (χ1n) is 6.52. The minimum Gasteiger partial charge on any atom is -0.497 e. The van der Waals surface area contributed by atoms with Crippen LogP contribution in [0.25, 0.3) is 0 Å². The van der Waals surface area contributed by atoms with Crippen molar-refractivity contribution in [2.45, 2.75) is 25.3 Å². The zero-order chi connectivity index (χ0) is 16.3. The monoisotopic (exact) mass is 326 g/mol. The summed E-state index contributed by atoms with van der Waals surface area (Å²) in [5, 5.41) is 0. The van der Waals surface area contributed by atoms with Gasteiger partial charge in [0.15, 0.2) is 0 Å². The summed E-state index contributed by atoms with van der Waals surface area (Å²) in [6.45, 7) is 3.52. The van der Waals surface area contributed by atoms with Gasteiger partial charge < -0.3 is 13.9 Å². The van der Waals surface area contributed by atoms with Crippen molar-refractivity contribution in [1.29, 1.82) is 0 Å². The Hall–Kier alpha value is -2.06. The van der Waals surface area contributed by atoms with Crippen molar-refractivity contribution < 1.29 is 22.3 Å². The second kappa shape index (κ2) is 6.37. The van der Waals surface area contributed by atoms with Gasteiger partial charge in [-0.15, -0.1) is 0 Å². The van der Waals surface area contributed by atoms with Crippen molar-refractivity contribution in [1.82, 2.24) is 9.71 Å². The van der Waals surface area contributed by atoms with Crippen LogP contribution in [0.5, 0.6) is 11.5 Å². The Kier molecular flexibility index (Phi) is 4.72. The zero-order valence-corrected chi connectivity index (χ0v) is 13.7. The van der Waals surface area contributed by atoms with Crippen LogP contribution in [0.3, 0.4) is 0 Å². The number of sulfonamides is 1. The summed E-state index contributed by atoms with van der Waals surface area (Å²) >= 11 is 0. The lowest BCUT2D eigenvalue weighted by molar-refractivity contribution is 0.391. The van der Waals surface area contributed by atoms with Crippen LogP contribution in [0, 0.1) is 13.8 Å². The van der Waals surface area contributed by atoms with Crippen LogP contribution in [-0.2, 0) is 16.6 Å². The smallest absolute Gasteiger partial charge is 0.244 e. The van der Waals surface area contributed by atoms with E-state index in [4.69, 9.17) is 13.9 Å². The van der Waals surface area contributed by atoms with Crippen molar-refractivity contribution in [3.8, 4) is 11.5 Å². The van der Waals surface area contributed by atoms with E-state index in [0.717, 1.165) is 5.69 Å². The lowest BCUT2D eigenvalue weighted by atomic mass is 10.3. The third kappa shape index (κ3) is 3.40. The first kappa shape index (κ1) is 16.3. The summed E-state index contributed by atoms with van der Waals surface area (Å²) in [6, 6.07) is 4.55. The van der Waals surface area contributed by atoms with Gasteiger partial charge in [0.2, 0.25) is 15.9 Å². The molecule has 1 aromatic heterocycles. The molecule has 8 heteroatoms. The minimum absolute atomic E-state index is 0.00523. The molecule has 0 aliphatic rings. The fraction of sp³-hybridized carbons (Fsp3) is 0.357. The quantitative estimate of drug-likeness (QED) is 0.870. The molecule has 2 rings (SSSR count). The predicted octanol–water partition coefficient (Wildman–Crippen LogP) is 1.79. The molecule has 0 aliphatic heterocycles. The third-order valence-corrected chi connectivity index (χ3v) is 4.57. The summed E-state index contributed by atoms with van der Waals surface area (Å²) in [6.07, 6.45) is 0. The van der Waals surface area contributed by atoms with E-state index in [-0.39, 0.29) is 17.2 Å². The summed E-state index contributed by atoms with van der Waals surface area (Å²) < 4.78 is 42.8. The highest BCUT2D eigenvalue weighted by atomic mass is 32.2. The van der Waals surface area contributed by atoms with Gasteiger partial charge in [-0.05, 0) is 26.0 Å². The van der Waals surface area contributed by atoms with Gasteiger partial charge in [0.25, 0.3) is 0 Å². The summed E-state index contributed by atoms with van der Waals surface area (Å²) in [5.41, 5.74) is 0.730. The van der Waals surface area contributed by atoms with Gasteiger partial charge in [0, 0.05) is 6.07 Å². The van der Waals surface area contributed by atoms with Gasteiger partial charge in [-0.2, -0.15) is 0 Å². The molecule has 0 atom stereocenters. The number of nitrogens with zero attached hydrogens (tertiary/aromatic N) is 1. The SMILES string of the molecule is COc1ccc(OC)c(S(=O)(=O)NCc2nc(C)c(C)o2)c1. The van der Waals surface area contributed by atoms with Gasteiger partial charge in [-0.25, -0.2) is 18.1 Å². The van der Waals surface area contributed by atoms with Gasteiger partial charge in [-0.3, -0.25) is 0 Å². The molecule has 1 N–H and O–H groups in total. The molecule has 0 aliphatic carbocycles. The molecule has 0 saturated carbocycles. The van der Waals surface area contributed by atoms with E-state index in [1.165, 1.54) is 26.4 Å². The second-order valence-electron chi connectivity index (χ2n) is 4.59. The zero-order valence-electron chi connectivity index (χ0n) is 12.8. The number of ether oxygens (including phenoxy) is 2. The number of hydrogen-bond donors (Lipinski definition) is 1. The standard InChI is InChI=1S/C14H18N2O5S/c1-9-10(2)21-14(16-9)8-15-22(17,18)13-7-11(19-3)5-6-12(13)20-4/h5-7,15H,8H2,1-4H3. The fourth-order valence-corrected chi connectivity index (χ4v) is 3.00. The maximum atomic E-state index is 12.4. The number of hydrogen-bond acceptors (Lipinski definition) is 6. The number of aromatic nitrogens is 1. The normalized spacial score (nSPS) is 11.5. The highest BCUT2D eigenvalue weighted by molar-refractivity contribution is 7.89. The maximum Gasteiger partial charge on any atom is 0.244 e. The Bertz CT molecular complexity index is 748. The Morgan fingerprint density at radius 1 is 1.23 bits per heavy atom. The second-order valence-corrected chi connectivity index (χ2v) is 6.33. The van der Waals surface area contributed by atoms with Gasteiger partial charge in [0.05, 0.1) is 26.5 Å². The average Bonchev–Trinajstić information content (AvgIpc) is 2.83. The van der Waals surface area contributed by atoms with Crippen molar-refractivity contribution in [3.05, 3.63) is 35.5 Å². The molecule has 1 aromatic carbocycles. The molecule has 0 saturated heterocycles. The predicted molar refractivity (Wildman–Crippen MR) is 79.5 cm³/mol. The fourth-order valence-electron chi connectivity index (χ4n) is 1.84. The molecule has 0 spiro atoms. The number of benzene rings is 1. The highest BCUT2D eigenvalue weighted by Crippen LogP contribution is 2.28. The first-order valence-corrected chi connectivity index (χ1v) is 8.00. The molecule has 1 heterocycles. The summed E-state index contributed by atoms with van der Waals surface area (Å²) in [5.74, 6) is 1.62. The van der Waals surface area contributed by atoms with Gasteiger partial charge >= 0.3 is 0 Å². The van der Waals surface area contributed by atoms with E-state index in [9.17, 15) is 8.42 Å². The Balaban J connectivity index is 2.26. The van der Waals surface area contributed by atoms with Gasteiger partial charge in [-0.1, -0.05) is 0 Å². The molecule has 120 valence electrons. The third-order valence-electron chi connectivity index (χ3n) is 3.15. The van der Waals surface area contributed by atoms with Crippen molar-refractivity contribution >= 4 is 10.0 Å². The minimum atomic E-state index is -3.79. The molecule has 0 radical (unpaired) electrons. The lowest BCUT2D eigenvalue weighted by Gasteiger charge is -2.11. The molecule has 0 unspecified atom stereocenters. The van der Waals surface area contributed by atoms with Crippen LogP contribution in [0.15, 0.2) is 27.5 Å². The Morgan fingerprint density at radius 3 is 2.50 bits per heavy atom. The van der Waals surface area contributed by atoms with E-state index in [0.29, 0.717) is 17.4 Å². The molecular formula is C14H18N2O5S. The number of methoxy groups -OCH3 is 2. The van der Waals surface area contributed by atoms with Crippen LogP contribution in [-0.4, -0.2) is 27.6 Å². The highest BCUT2D eigenvalue weighted by Gasteiger charge is 2.21. The van der Waals surface area contributed by atoms with Gasteiger partial charge in [0.1, 0.15) is 22.2 Å². The first-order chi connectivity index (χ1) is 10.4. The number of aryl methyl sites for hydroxylation is 2. The number of nitrogens with one attached hydrogen (secondary N) is 1.